The van der Waals surface area contributed by atoms with E-state index in [1.54, 1.807) is 12.1 Å². The van der Waals surface area contributed by atoms with Crippen molar-refractivity contribution in [2.24, 2.45) is 5.73 Å². The fourth-order valence-corrected chi connectivity index (χ4v) is 1.89. The fourth-order valence-electron chi connectivity index (χ4n) is 1.49. The van der Waals surface area contributed by atoms with Crippen LogP contribution in [0, 0.1) is 0 Å². The average molecular weight is 336 g/mol. The Bertz CT molecular complexity index is 394. The van der Waals surface area contributed by atoms with Crippen molar-refractivity contribution in [2.75, 3.05) is 6.54 Å². The molecular weight excluding hydrogens is 316 g/mol. The molecule has 0 spiro atoms. The van der Waals surface area contributed by atoms with Crippen molar-refractivity contribution in [3.8, 4) is 0 Å². The van der Waals surface area contributed by atoms with E-state index in [0.29, 0.717) is 12.1 Å². The van der Waals surface area contributed by atoms with Crippen LogP contribution >= 0.6 is 28.3 Å². The topological polar surface area (TPSA) is 55.1 Å². The first kappa shape index (κ1) is 17.4. The Kier molecular flexibility index (Phi) is 7.52. The van der Waals surface area contributed by atoms with Gasteiger partial charge in [0, 0.05) is 22.1 Å². The number of carbonyl (C=O) groups excluding carboxylic acids is 1. The molecule has 0 aliphatic carbocycles. The second-order valence-electron chi connectivity index (χ2n) is 4.26. The lowest BCUT2D eigenvalue weighted by molar-refractivity contribution is 0.0942. The molecule has 3 nitrogen and oxygen atoms in total. The third-order valence-electron chi connectivity index (χ3n) is 3.10. The Morgan fingerprint density at radius 1 is 1.39 bits per heavy atom. The summed E-state index contributed by atoms with van der Waals surface area (Å²) in [5.41, 5.74) is 6.47. The van der Waals surface area contributed by atoms with E-state index in [2.05, 4.69) is 21.2 Å². The average Bonchev–Trinajstić information content (AvgIpc) is 2.35. The molecule has 0 aliphatic heterocycles. The van der Waals surface area contributed by atoms with Crippen LogP contribution < -0.4 is 11.1 Å². The molecule has 1 aromatic carbocycles. The molecule has 0 heterocycles. The number of amides is 1. The number of nitrogens with two attached hydrogens (primary N) is 1. The molecule has 0 radical (unpaired) electrons. The molecule has 0 bridgehead atoms. The first-order chi connectivity index (χ1) is 8.00. The molecule has 1 aromatic rings. The molecule has 0 aromatic heterocycles. The lowest BCUT2D eigenvalue weighted by atomic mass is 9.94. The third-order valence-corrected chi connectivity index (χ3v) is 3.59. The molecule has 0 saturated heterocycles. The van der Waals surface area contributed by atoms with Crippen molar-refractivity contribution in [1.29, 1.82) is 0 Å². The Morgan fingerprint density at radius 3 is 2.50 bits per heavy atom. The van der Waals surface area contributed by atoms with Gasteiger partial charge >= 0.3 is 0 Å². The number of hydrogen-bond acceptors (Lipinski definition) is 2. The minimum absolute atomic E-state index is 0. The SMILES string of the molecule is CCC(N)(CC)CNC(=O)c1cccc(Br)c1.Cl. The zero-order valence-corrected chi connectivity index (χ0v) is 13.1. The van der Waals surface area contributed by atoms with Gasteiger partial charge in [-0.05, 0) is 31.0 Å². The molecule has 18 heavy (non-hydrogen) atoms. The van der Waals surface area contributed by atoms with Gasteiger partial charge in [-0.3, -0.25) is 4.79 Å². The van der Waals surface area contributed by atoms with Crippen LogP contribution in [0.2, 0.25) is 0 Å². The number of rotatable bonds is 5. The van der Waals surface area contributed by atoms with E-state index in [9.17, 15) is 4.79 Å². The van der Waals surface area contributed by atoms with Gasteiger partial charge in [-0.25, -0.2) is 0 Å². The maximum Gasteiger partial charge on any atom is 0.251 e. The van der Waals surface area contributed by atoms with Gasteiger partial charge in [0.15, 0.2) is 0 Å². The zero-order valence-electron chi connectivity index (χ0n) is 10.7. The number of hydrogen-bond donors (Lipinski definition) is 2. The Hall–Kier alpha value is -0.580. The molecule has 1 amide bonds. The van der Waals surface area contributed by atoms with E-state index < -0.39 is 0 Å². The predicted octanol–water partition coefficient (Wildman–Crippen LogP) is 3.12. The number of carbonyl (C=O) groups is 1. The largest absolute Gasteiger partial charge is 0.350 e. The van der Waals surface area contributed by atoms with Gasteiger partial charge in [0.25, 0.3) is 5.91 Å². The highest BCUT2D eigenvalue weighted by molar-refractivity contribution is 9.10. The summed E-state index contributed by atoms with van der Waals surface area (Å²) >= 11 is 3.34. The zero-order chi connectivity index (χ0) is 12.9. The lowest BCUT2D eigenvalue weighted by Gasteiger charge is -2.26. The summed E-state index contributed by atoms with van der Waals surface area (Å²) in [5.74, 6) is -0.0805. The van der Waals surface area contributed by atoms with Crippen LogP contribution in [0.3, 0.4) is 0 Å². The highest BCUT2D eigenvalue weighted by Gasteiger charge is 2.21. The summed E-state index contributed by atoms with van der Waals surface area (Å²) in [4.78, 5) is 11.9. The van der Waals surface area contributed by atoms with Gasteiger partial charge in [-0.2, -0.15) is 0 Å². The highest BCUT2D eigenvalue weighted by atomic mass is 79.9. The summed E-state index contributed by atoms with van der Waals surface area (Å²) in [6, 6.07) is 7.32. The van der Waals surface area contributed by atoms with E-state index in [-0.39, 0.29) is 23.9 Å². The van der Waals surface area contributed by atoms with Crippen molar-refractivity contribution >= 4 is 34.2 Å². The number of halogens is 2. The van der Waals surface area contributed by atoms with E-state index in [1.165, 1.54) is 0 Å². The first-order valence-electron chi connectivity index (χ1n) is 5.83. The molecular formula is C13H20BrClN2O. The van der Waals surface area contributed by atoms with Crippen molar-refractivity contribution in [3.05, 3.63) is 34.3 Å². The molecule has 0 saturated carbocycles. The van der Waals surface area contributed by atoms with Crippen LogP contribution in [-0.2, 0) is 0 Å². The Labute approximate surface area is 123 Å². The molecule has 102 valence electrons. The van der Waals surface area contributed by atoms with Crippen LogP contribution in [0.1, 0.15) is 37.0 Å². The lowest BCUT2D eigenvalue weighted by Crippen LogP contribution is -2.49. The standard InChI is InChI=1S/C13H19BrN2O.ClH/c1-3-13(15,4-2)9-16-12(17)10-6-5-7-11(14)8-10;/h5-8H,3-4,9,15H2,1-2H3,(H,16,17);1H. The van der Waals surface area contributed by atoms with Crippen molar-refractivity contribution in [1.82, 2.24) is 5.32 Å². The van der Waals surface area contributed by atoms with Crippen molar-refractivity contribution < 1.29 is 4.79 Å². The van der Waals surface area contributed by atoms with Crippen LogP contribution in [0.25, 0.3) is 0 Å². The minimum atomic E-state index is -0.304. The monoisotopic (exact) mass is 334 g/mol. The quantitative estimate of drug-likeness (QED) is 0.868. The van der Waals surface area contributed by atoms with E-state index in [1.807, 2.05) is 26.0 Å². The Balaban J connectivity index is 0.00000289. The number of benzene rings is 1. The molecule has 0 fully saturated rings. The van der Waals surface area contributed by atoms with Crippen molar-refractivity contribution in [3.63, 3.8) is 0 Å². The number of nitrogens with one attached hydrogen (secondary N) is 1. The molecule has 0 unspecified atom stereocenters. The maximum absolute atomic E-state index is 11.9. The third kappa shape index (κ3) is 4.96. The van der Waals surface area contributed by atoms with Crippen molar-refractivity contribution in [2.45, 2.75) is 32.2 Å². The second-order valence-corrected chi connectivity index (χ2v) is 5.18. The first-order valence-corrected chi connectivity index (χ1v) is 6.62. The van der Waals surface area contributed by atoms with E-state index in [0.717, 1.165) is 17.3 Å². The van der Waals surface area contributed by atoms with Crippen LogP contribution in [-0.4, -0.2) is 18.0 Å². The maximum atomic E-state index is 11.9. The second kappa shape index (κ2) is 7.77. The minimum Gasteiger partial charge on any atom is -0.350 e. The summed E-state index contributed by atoms with van der Waals surface area (Å²) in [6.45, 7) is 4.58. The summed E-state index contributed by atoms with van der Waals surface area (Å²) in [6.07, 6.45) is 1.70. The summed E-state index contributed by atoms with van der Waals surface area (Å²) in [5, 5.41) is 2.88. The smallest absolute Gasteiger partial charge is 0.251 e. The van der Waals surface area contributed by atoms with E-state index in [4.69, 9.17) is 5.73 Å². The molecule has 0 aliphatic rings. The van der Waals surface area contributed by atoms with Gasteiger partial charge in [-0.15, -0.1) is 12.4 Å². The van der Waals surface area contributed by atoms with Crippen LogP contribution in [0.15, 0.2) is 28.7 Å². The highest BCUT2D eigenvalue weighted by Crippen LogP contribution is 2.13. The Morgan fingerprint density at radius 2 is 2.00 bits per heavy atom. The fraction of sp³-hybridized carbons (Fsp3) is 0.462. The molecule has 5 heteroatoms. The van der Waals surface area contributed by atoms with Gasteiger partial charge in [-0.1, -0.05) is 35.8 Å². The molecule has 1 rings (SSSR count). The molecule has 3 N–H and O–H groups in total. The summed E-state index contributed by atoms with van der Waals surface area (Å²) in [7, 11) is 0. The van der Waals surface area contributed by atoms with Gasteiger partial charge in [0.1, 0.15) is 0 Å². The van der Waals surface area contributed by atoms with Crippen LogP contribution in [0.5, 0.6) is 0 Å². The van der Waals surface area contributed by atoms with E-state index >= 15 is 0 Å². The molecule has 0 atom stereocenters. The predicted molar refractivity (Wildman–Crippen MR) is 81.2 cm³/mol. The summed E-state index contributed by atoms with van der Waals surface area (Å²) < 4.78 is 0.898. The van der Waals surface area contributed by atoms with Gasteiger partial charge in [0.2, 0.25) is 0 Å². The van der Waals surface area contributed by atoms with Crippen LogP contribution in [0.4, 0.5) is 0 Å². The van der Waals surface area contributed by atoms with Gasteiger partial charge < -0.3 is 11.1 Å². The normalized spacial score (nSPS) is 10.7. The van der Waals surface area contributed by atoms with Gasteiger partial charge in [0.05, 0.1) is 0 Å².